The first-order valence-corrected chi connectivity index (χ1v) is 10.0. The molecule has 4 heterocycles. The Morgan fingerprint density at radius 3 is 3.11 bits per heavy atom. The molecule has 0 spiro atoms. The summed E-state index contributed by atoms with van der Waals surface area (Å²) in [6.45, 7) is 2.03. The van der Waals surface area contributed by atoms with Gasteiger partial charge in [0.1, 0.15) is 0 Å². The molecule has 0 aliphatic carbocycles. The summed E-state index contributed by atoms with van der Waals surface area (Å²) in [5.74, 6) is 0.614. The second-order valence-electron chi connectivity index (χ2n) is 6.80. The van der Waals surface area contributed by atoms with Gasteiger partial charge in [-0.25, -0.2) is 15.0 Å². The Bertz CT molecular complexity index is 1040. The number of aromatic nitrogens is 4. The van der Waals surface area contributed by atoms with E-state index in [-0.39, 0.29) is 0 Å². The number of anilines is 2. The highest BCUT2D eigenvalue weighted by atomic mass is 32.1. The van der Waals surface area contributed by atoms with Crippen LogP contribution in [0.5, 0.6) is 0 Å². The number of nitrogens with one attached hydrogen (secondary N) is 2. The third kappa shape index (κ3) is 3.43. The van der Waals surface area contributed by atoms with Crippen LogP contribution in [-0.2, 0) is 6.54 Å². The molecule has 7 heteroatoms. The Morgan fingerprint density at radius 1 is 1.19 bits per heavy atom. The van der Waals surface area contributed by atoms with Gasteiger partial charge in [-0.1, -0.05) is 6.07 Å². The van der Waals surface area contributed by atoms with Gasteiger partial charge in [-0.05, 0) is 54.6 Å². The first kappa shape index (κ1) is 16.4. The molecule has 1 aliphatic rings. The molecule has 3 aromatic heterocycles. The molecule has 1 saturated heterocycles. The lowest BCUT2D eigenvalue weighted by atomic mass is 10.1. The van der Waals surface area contributed by atoms with Crippen molar-refractivity contribution in [3.63, 3.8) is 0 Å². The van der Waals surface area contributed by atoms with Crippen molar-refractivity contribution >= 4 is 33.3 Å². The van der Waals surface area contributed by atoms with Crippen molar-refractivity contribution in [1.82, 2.24) is 24.8 Å². The molecule has 136 valence electrons. The molecule has 0 bridgehead atoms. The number of hydrogen-bond donors (Lipinski definition) is 2. The fraction of sp³-hybridized carbons (Fsp3) is 0.250. The van der Waals surface area contributed by atoms with Gasteiger partial charge in [0, 0.05) is 36.0 Å². The number of H-pyrrole nitrogens is 1. The molecule has 1 aliphatic heterocycles. The molecule has 4 aromatic rings. The van der Waals surface area contributed by atoms with Gasteiger partial charge < -0.3 is 10.3 Å². The fourth-order valence-corrected chi connectivity index (χ4v) is 4.31. The van der Waals surface area contributed by atoms with E-state index in [2.05, 4.69) is 49.4 Å². The number of benzene rings is 1. The zero-order valence-corrected chi connectivity index (χ0v) is 15.6. The highest BCUT2D eigenvalue weighted by Gasteiger charge is 2.27. The van der Waals surface area contributed by atoms with Crippen molar-refractivity contribution in [2.75, 3.05) is 11.9 Å². The van der Waals surface area contributed by atoms with Gasteiger partial charge in [-0.15, -0.1) is 11.3 Å². The molecule has 1 unspecified atom stereocenters. The van der Waals surface area contributed by atoms with Crippen LogP contribution >= 0.6 is 11.3 Å². The summed E-state index contributed by atoms with van der Waals surface area (Å²) in [4.78, 5) is 19.1. The maximum absolute atomic E-state index is 4.76. The highest BCUT2D eigenvalue weighted by Crippen LogP contribution is 2.33. The summed E-state index contributed by atoms with van der Waals surface area (Å²) in [5.41, 5.74) is 3.60. The minimum absolute atomic E-state index is 0.326. The van der Waals surface area contributed by atoms with Gasteiger partial charge in [0.05, 0.1) is 11.7 Å². The van der Waals surface area contributed by atoms with Crippen molar-refractivity contribution in [2.24, 2.45) is 0 Å². The Morgan fingerprint density at radius 2 is 2.19 bits per heavy atom. The van der Waals surface area contributed by atoms with Crippen molar-refractivity contribution in [3.05, 3.63) is 65.6 Å². The van der Waals surface area contributed by atoms with Crippen molar-refractivity contribution < 1.29 is 0 Å². The van der Waals surface area contributed by atoms with E-state index in [1.165, 1.54) is 22.9 Å². The Kier molecular flexibility index (Phi) is 4.31. The lowest BCUT2D eigenvalue weighted by molar-refractivity contribution is 0.244. The van der Waals surface area contributed by atoms with E-state index in [4.69, 9.17) is 4.98 Å². The molecule has 0 saturated carbocycles. The molecular formula is C20H20N6S. The van der Waals surface area contributed by atoms with E-state index in [1.807, 2.05) is 23.8 Å². The Balaban J connectivity index is 1.36. The van der Waals surface area contributed by atoms with Gasteiger partial charge in [0.2, 0.25) is 5.95 Å². The standard InChI is InChI=1S/C20H20N6S/c1-2-18(17-6-8-22-19(24-17)25-20-23-9-11-27-20)26(10-1)13-14-3-4-16-15(12-14)5-7-21-16/h3-9,11-12,18,21H,1-2,10,13H2,(H,22,23,24,25). The molecule has 1 atom stereocenters. The largest absolute Gasteiger partial charge is 0.361 e. The van der Waals surface area contributed by atoms with Crippen LogP contribution in [0, 0.1) is 0 Å². The zero-order valence-electron chi connectivity index (χ0n) is 14.8. The number of rotatable bonds is 5. The van der Waals surface area contributed by atoms with Crippen LogP contribution in [0.2, 0.25) is 0 Å². The van der Waals surface area contributed by atoms with E-state index in [1.54, 1.807) is 17.5 Å². The maximum Gasteiger partial charge on any atom is 0.229 e. The summed E-state index contributed by atoms with van der Waals surface area (Å²) in [6, 6.07) is 11.1. The highest BCUT2D eigenvalue weighted by molar-refractivity contribution is 7.13. The van der Waals surface area contributed by atoms with Gasteiger partial charge in [0.25, 0.3) is 0 Å². The summed E-state index contributed by atoms with van der Waals surface area (Å²) >= 11 is 1.54. The molecule has 0 radical (unpaired) electrons. The summed E-state index contributed by atoms with van der Waals surface area (Å²) in [6.07, 6.45) is 7.92. The molecule has 1 fully saturated rings. The monoisotopic (exact) mass is 376 g/mol. The number of likely N-dealkylation sites (tertiary alicyclic amines) is 1. The molecule has 5 rings (SSSR count). The molecular weight excluding hydrogens is 356 g/mol. The average Bonchev–Trinajstić information content (AvgIpc) is 3.43. The van der Waals surface area contributed by atoms with Crippen molar-refractivity contribution in [2.45, 2.75) is 25.4 Å². The van der Waals surface area contributed by atoms with Gasteiger partial charge in [0.15, 0.2) is 5.13 Å². The smallest absolute Gasteiger partial charge is 0.229 e. The molecule has 2 N–H and O–H groups in total. The van der Waals surface area contributed by atoms with Crippen LogP contribution in [0.1, 0.15) is 30.1 Å². The Hall–Kier alpha value is -2.77. The van der Waals surface area contributed by atoms with E-state index >= 15 is 0 Å². The number of nitrogens with zero attached hydrogens (tertiary/aromatic N) is 4. The molecule has 6 nitrogen and oxygen atoms in total. The van der Waals surface area contributed by atoms with Gasteiger partial charge in [-0.2, -0.15) is 0 Å². The number of thiazole rings is 1. The quantitative estimate of drug-likeness (QED) is 0.537. The maximum atomic E-state index is 4.76. The minimum atomic E-state index is 0.326. The van der Waals surface area contributed by atoms with E-state index in [9.17, 15) is 0 Å². The van der Waals surface area contributed by atoms with Gasteiger partial charge in [-0.3, -0.25) is 4.90 Å². The lowest BCUT2D eigenvalue weighted by Gasteiger charge is -2.24. The average molecular weight is 376 g/mol. The predicted octanol–water partition coefficient (Wildman–Crippen LogP) is 4.50. The van der Waals surface area contributed by atoms with Crippen molar-refractivity contribution in [1.29, 1.82) is 0 Å². The second kappa shape index (κ2) is 7.09. The van der Waals surface area contributed by atoms with Crippen molar-refractivity contribution in [3.8, 4) is 0 Å². The Labute approximate surface area is 161 Å². The first-order valence-electron chi connectivity index (χ1n) is 9.15. The number of hydrogen-bond acceptors (Lipinski definition) is 6. The predicted molar refractivity (Wildman–Crippen MR) is 108 cm³/mol. The fourth-order valence-electron chi connectivity index (χ4n) is 3.79. The minimum Gasteiger partial charge on any atom is -0.361 e. The van der Waals surface area contributed by atoms with Crippen LogP contribution < -0.4 is 5.32 Å². The SMILES string of the molecule is c1cc(C2CCCN2Cc2ccc3[nH]ccc3c2)nc(Nc2nccs2)n1. The third-order valence-corrected chi connectivity index (χ3v) is 5.73. The van der Waals surface area contributed by atoms with Crippen LogP contribution in [0.4, 0.5) is 11.1 Å². The topological polar surface area (TPSA) is 69.7 Å². The zero-order chi connectivity index (χ0) is 18.1. The van der Waals surface area contributed by atoms with Crippen LogP contribution in [0.3, 0.4) is 0 Å². The molecule has 1 aromatic carbocycles. The number of fused-ring (bicyclic) bond motifs is 1. The molecule has 27 heavy (non-hydrogen) atoms. The third-order valence-electron chi connectivity index (χ3n) is 5.04. The second-order valence-corrected chi connectivity index (χ2v) is 7.69. The first-order chi connectivity index (χ1) is 13.3. The van der Waals surface area contributed by atoms with Crippen LogP contribution in [0.25, 0.3) is 10.9 Å². The van der Waals surface area contributed by atoms with Crippen LogP contribution in [0.15, 0.2) is 54.3 Å². The van der Waals surface area contributed by atoms with Crippen LogP contribution in [-0.4, -0.2) is 31.4 Å². The van der Waals surface area contributed by atoms with E-state index in [0.29, 0.717) is 12.0 Å². The summed E-state index contributed by atoms with van der Waals surface area (Å²) in [5, 5.41) is 7.21. The molecule has 0 amide bonds. The summed E-state index contributed by atoms with van der Waals surface area (Å²) < 4.78 is 0. The summed E-state index contributed by atoms with van der Waals surface area (Å²) in [7, 11) is 0. The van der Waals surface area contributed by atoms with E-state index < -0.39 is 0 Å². The lowest BCUT2D eigenvalue weighted by Crippen LogP contribution is -2.23. The van der Waals surface area contributed by atoms with E-state index in [0.717, 1.165) is 30.3 Å². The normalized spacial score (nSPS) is 17.6. The van der Waals surface area contributed by atoms with Gasteiger partial charge >= 0.3 is 0 Å². The number of aromatic amines is 1.